The largest absolute Gasteiger partial charge is 0.465 e. The van der Waals surface area contributed by atoms with E-state index in [4.69, 9.17) is 5.11 Å². The summed E-state index contributed by atoms with van der Waals surface area (Å²) in [4.78, 5) is 24.2. The molecule has 0 spiro atoms. The number of rotatable bonds is 2. The molecule has 1 aliphatic rings. The van der Waals surface area contributed by atoms with E-state index in [0.29, 0.717) is 18.5 Å². The van der Waals surface area contributed by atoms with E-state index in [2.05, 4.69) is 5.32 Å². The maximum atomic E-state index is 12.8. The van der Waals surface area contributed by atoms with Crippen molar-refractivity contribution >= 4 is 12.0 Å². The number of benzene rings is 1. The van der Waals surface area contributed by atoms with Gasteiger partial charge in [0.25, 0.3) is 5.91 Å². The van der Waals surface area contributed by atoms with Crippen molar-refractivity contribution in [2.24, 2.45) is 0 Å². The van der Waals surface area contributed by atoms with Gasteiger partial charge in [0.15, 0.2) is 0 Å². The van der Waals surface area contributed by atoms with Gasteiger partial charge in [-0.25, -0.2) is 9.18 Å². The molecule has 2 amide bonds. The van der Waals surface area contributed by atoms with Gasteiger partial charge in [0, 0.05) is 12.1 Å². The van der Waals surface area contributed by atoms with Crippen LogP contribution in [0.25, 0.3) is 0 Å². The van der Waals surface area contributed by atoms with Gasteiger partial charge < -0.3 is 15.3 Å². The van der Waals surface area contributed by atoms with E-state index in [9.17, 15) is 14.0 Å². The zero-order chi connectivity index (χ0) is 14.0. The van der Waals surface area contributed by atoms with Gasteiger partial charge in [-0.2, -0.15) is 0 Å². The van der Waals surface area contributed by atoms with E-state index < -0.39 is 11.9 Å². The second kappa shape index (κ2) is 5.26. The molecule has 0 bridgehead atoms. The Morgan fingerprint density at radius 2 is 2.00 bits per heavy atom. The highest BCUT2D eigenvalue weighted by molar-refractivity contribution is 5.94. The highest BCUT2D eigenvalue weighted by atomic mass is 19.1. The Balaban J connectivity index is 2.00. The molecule has 2 atom stereocenters. The first-order valence-corrected chi connectivity index (χ1v) is 6.05. The molecule has 19 heavy (non-hydrogen) atoms. The van der Waals surface area contributed by atoms with Crippen LogP contribution in [-0.4, -0.2) is 40.6 Å². The molecule has 6 heteroatoms. The molecule has 0 aliphatic carbocycles. The van der Waals surface area contributed by atoms with Crippen LogP contribution in [0.2, 0.25) is 0 Å². The smallest absolute Gasteiger partial charge is 0.407 e. The van der Waals surface area contributed by atoms with Crippen molar-refractivity contribution in [1.82, 2.24) is 10.2 Å². The fourth-order valence-electron chi connectivity index (χ4n) is 2.26. The summed E-state index contributed by atoms with van der Waals surface area (Å²) in [5.74, 6) is -0.716. The number of hydrogen-bond acceptors (Lipinski definition) is 2. The number of halogens is 1. The highest BCUT2D eigenvalue weighted by Crippen LogP contribution is 2.18. The number of nitrogens with zero attached hydrogens (tertiary/aromatic N) is 1. The molecule has 2 rings (SSSR count). The zero-order valence-electron chi connectivity index (χ0n) is 10.5. The predicted octanol–water partition coefficient (Wildman–Crippen LogP) is 1.70. The second-order valence-corrected chi connectivity index (χ2v) is 4.59. The Bertz CT molecular complexity index is 489. The third-order valence-electron chi connectivity index (χ3n) is 3.42. The van der Waals surface area contributed by atoms with Gasteiger partial charge in [0.1, 0.15) is 5.82 Å². The normalized spacial score (nSPS) is 22.3. The summed E-state index contributed by atoms with van der Waals surface area (Å²) in [5.41, 5.74) is 0.363. The molecular formula is C13H15FN2O3. The lowest BCUT2D eigenvalue weighted by molar-refractivity contribution is 0.0922. The number of carboxylic acid groups (broad SMARTS) is 1. The molecule has 2 N–H and O–H groups in total. The van der Waals surface area contributed by atoms with Crippen LogP contribution < -0.4 is 5.32 Å². The highest BCUT2D eigenvalue weighted by Gasteiger charge is 2.34. The van der Waals surface area contributed by atoms with Gasteiger partial charge in [0.2, 0.25) is 0 Å². The van der Waals surface area contributed by atoms with Gasteiger partial charge in [-0.05, 0) is 37.6 Å². The van der Waals surface area contributed by atoms with Gasteiger partial charge in [0.05, 0.1) is 12.1 Å². The monoisotopic (exact) mass is 266 g/mol. The molecule has 0 unspecified atom stereocenters. The van der Waals surface area contributed by atoms with Crippen LogP contribution in [0.5, 0.6) is 0 Å². The summed E-state index contributed by atoms with van der Waals surface area (Å²) >= 11 is 0. The molecule has 1 heterocycles. The van der Waals surface area contributed by atoms with E-state index in [1.807, 2.05) is 0 Å². The van der Waals surface area contributed by atoms with Crippen LogP contribution in [0.15, 0.2) is 24.3 Å². The Kier molecular flexibility index (Phi) is 3.69. The van der Waals surface area contributed by atoms with Gasteiger partial charge in [-0.3, -0.25) is 4.79 Å². The van der Waals surface area contributed by atoms with Gasteiger partial charge in [-0.1, -0.05) is 0 Å². The third kappa shape index (κ3) is 2.83. The third-order valence-corrected chi connectivity index (χ3v) is 3.42. The Hall–Kier alpha value is -2.11. The number of likely N-dealkylation sites (tertiary alicyclic amines) is 1. The lowest BCUT2D eigenvalue weighted by Crippen LogP contribution is -2.44. The van der Waals surface area contributed by atoms with Crippen LogP contribution in [-0.2, 0) is 0 Å². The van der Waals surface area contributed by atoms with Crippen LogP contribution >= 0.6 is 0 Å². The van der Waals surface area contributed by atoms with Gasteiger partial charge >= 0.3 is 6.09 Å². The van der Waals surface area contributed by atoms with Crippen LogP contribution in [0.4, 0.5) is 9.18 Å². The fourth-order valence-corrected chi connectivity index (χ4v) is 2.26. The topological polar surface area (TPSA) is 69.6 Å². The first-order chi connectivity index (χ1) is 8.99. The summed E-state index contributed by atoms with van der Waals surface area (Å²) in [5, 5.41) is 11.7. The summed E-state index contributed by atoms with van der Waals surface area (Å²) in [7, 11) is 0. The fraction of sp³-hybridized carbons (Fsp3) is 0.385. The summed E-state index contributed by atoms with van der Waals surface area (Å²) in [6, 6.07) is 4.77. The average Bonchev–Trinajstić information content (AvgIpc) is 2.72. The summed E-state index contributed by atoms with van der Waals surface area (Å²) in [6.45, 7) is 2.17. The molecule has 5 nitrogen and oxygen atoms in total. The quantitative estimate of drug-likeness (QED) is 0.856. The number of hydrogen-bond donors (Lipinski definition) is 2. The molecular weight excluding hydrogens is 251 g/mol. The maximum absolute atomic E-state index is 12.8. The molecule has 1 aromatic rings. The van der Waals surface area contributed by atoms with Crippen molar-refractivity contribution in [2.45, 2.75) is 25.4 Å². The molecule has 102 valence electrons. The van der Waals surface area contributed by atoms with Crippen LogP contribution in [0, 0.1) is 5.82 Å². The van der Waals surface area contributed by atoms with Crippen molar-refractivity contribution in [3.8, 4) is 0 Å². The first-order valence-electron chi connectivity index (χ1n) is 6.05. The number of carbonyl (C=O) groups is 2. The summed E-state index contributed by atoms with van der Waals surface area (Å²) in [6.07, 6.45) is -0.397. The predicted molar refractivity (Wildman–Crippen MR) is 66.5 cm³/mol. The SMILES string of the molecule is C[C@H]1[C@H](NC(=O)c2ccc(F)cc2)CCN1C(=O)O. The van der Waals surface area contributed by atoms with Gasteiger partial charge in [-0.15, -0.1) is 0 Å². The Labute approximate surface area is 110 Å². The number of carbonyl (C=O) groups excluding carboxylic acids is 1. The van der Waals surface area contributed by atoms with Crippen LogP contribution in [0.3, 0.4) is 0 Å². The van der Waals surface area contributed by atoms with E-state index in [-0.39, 0.29) is 18.0 Å². The number of amides is 2. The number of nitrogens with one attached hydrogen (secondary N) is 1. The lowest BCUT2D eigenvalue weighted by Gasteiger charge is -2.22. The minimum atomic E-state index is -0.981. The Morgan fingerprint density at radius 1 is 1.37 bits per heavy atom. The van der Waals surface area contributed by atoms with Crippen molar-refractivity contribution in [1.29, 1.82) is 0 Å². The van der Waals surface area contributed by atoms with E-state index in [0.717, 1.165) is 0 Å². The van der Waals surface area contributed by atoms with Crippen LogP contribution in [0.1, 0.15) is 23.7 Å². The average molecular weight is 266 g/mol. The standard InChI is InChI=1S/C13H15FN2O3/c1-8-11(6-7-16(8)13(18)19)15-12(17)9-2-4-10(14)5-3-9/h2-5,8,11H,6-7H2,1H3,(H,15,17)(H,18,19)/t8-,11+/m0/s1. The molecule has 1 aromatic carbocycles. The van der Waals surface area contributed by atoms with E-state index in [1.165, 1.54) is 29.2 Å². The molecule has 0 saturated carbocycles. The summed E-state index contributed by atoms with van der Waals surface area (Å²) < 4.78 is 12.8. The molecule has 1 fully saturated rings. The molecule has 0 radical (unpaired) electrons. The van der Waals surface area contributed by atoms with E-state index >= 15 is 0 Å². The first kappa shape index (κ1) is 13.3. The maximum Gasteiger partial charge on any atom is 0.407 e. The Morgan fingerprint density at radius 3 is 2.53 bits per heavy atom. The molecule has 1 saturated heterocycles. The van der Waals surface area contributed by atoms with E-state index in [1.54, 1.807) is 6.92 Å². The minimum Gasteiger partial charge on any atom is -0.465 e. The zero-order valence-corrected chi connectivity index (χ0v) is 10.5. The van der Waals surface area contributed by atoms with Crippen molar-refractivity contribution < 1.29 is 19.1 Å². The van der Waals surface area contributed by atoms with Crippen molar-refractivity contribution in [2.75, 3.05) is 6.54 Å². The lowest BCUT2D eigenvalue weighted by atomic mass is 10.1. The minimum absolute atomic E-state index is 0.214. The van der Waals surface area contributed by atoms with Crippen molar-refractivity contribution in [3.05, 3.63) is 35.6 Å². The molecule has 0 aromatic heterocycles. The molecule has 1 aliphatic heterocycles. The second-order valence-electron chi connectivity index (χ2n) is 4.59. The van der Waals surface area contributed by atoms with Crippen molar-refractivity contribution in [3.63, 3.8) is 0 Å².